The fourth-order valence-corrected chi connectivity index (χ4v) is 4.92. The van der Waals surface area contributed by atoms with E-state index >= 15 is 0 Å². The van der Waals surface area contributed by atoms with E-state index in [1.54, 1.807) is 29.5 Å². The molecular weight excluding hydrogens is 446 g/mol. The summed E-state index contributed by atoms with van der Waals surface area (Å²) in [5, 5.41) is 5.86. The molecule has 0 unspecified atom stereocenters. The Morgan fingerprint density at radius 3 is 2.70 bits per heavy atom. The monoisotopic (exact) mass is 465 g/mol. The Bertz CT molecular complexity index is 1180. The lowest BCUT2D eigenvalue weighted by Crippen LogP contribution is -2.35. The molecule has 2 aromatic carbocycles. The first-order chi connectivity index (χ1) is 14.2. The van der Waals surface area contributed by atoms with Gasteiger partial charge in [0.15, 0.2) is 0 Å². The molecule has 1 N–H and O–H groups in total. The van der Waals surface area contributed by atoms with Gasteiger partial charge in [0.05, 0.1) is 24.4 Å². The lowest BCUT2D eigenvalue weighted by Gasteiger charge is -2.19. The number of amides is 1. The summed E-state index contributed by atoms with van der Waals surface area (Å²) in [4.78, 5) is 16.8. The van der Waals surface area contributed by atoms with Gasteiger partial charge in [0, 0.05) is 28.7 Å². The van der Waals surface area contributed by atoms with Gasteiger partial charge in [0.25, 0.3) is 0 Å². The maximum absolute atomic E-state index is 12.9. The van der Waals surface area contributed by atoms with Crippen LogP contribution in [-0.2, 0) is 14.8 Å². The zero-order valence-electron chi connectivity index (χ0n) is 16.5. The van der Waals surface area contributed by atoms with E-state index < -0.39 is 15.9 Å². The fraction of sp³-hybridized carbons (Fsp3) is 0.200. The Morgan fingerprint density at radius 1 is 1.27 bits per heavy atom. The highest BCUT2D eigenvalue weighted by molar-refractivity contribution is 7.89. The van der Waals surface area contributed by atoms with E-state index in [-0.39, 0.29) is 22.2 Å². The van der Waals surface area contributed by atoms with E-state index in [4.69, 9.17) is 16.3 Å². The lowest BCUT2D eigenvalue weighted by molar-refractivity contribution is -0.116. The van der Waals surface area contributed by atoms with Gasteiger partial charge in [-0.1, -0.05) is 23.7 Å². The molecule has 0 aliphatic carbocycles. The maximum atomic E-state index is 12.9. The third kappa shape index (κ3) is 4.99. The summed E-state index contributed by atoms with van der Waals surface area (Å²) in [6.45, 7) is 1.54. The Hall–Kier alpha value is -2.46. The second kappa shape index (κ2) is 9.13. The minimum absolute atomic E-state index is 0.103. The van der Waals surface area contributed by atoms with Crippen LogP contribution in [0.15, 0.2) is 52.7 Å². The number of rotatable bonds is 7. The molecule has 0 saturated carbocycles. The van der Waals surface area contributed by atoms with Gasteiger partial charge in [0.2, 0.25) is 15.9 Å². The van der Waals surface area contributed by atoms with Crippen molar-refractivity contribution in [2.24, 2.45) is 0 Å². The number of nitrogens with one attached hydrogen (secondary N) is 1. The summed E-state index contributed by atoms with van der Waals surface area (Å²) in [6.07, 6.45) is 0. The Kier molecular flexibility index (Phi) is 6.77. The Morgan fingerprint density at radius 2 is 2.03 bits per heavy atom. The SMILES string of the molecule is COc1ccc(Cl)cc1S(=O)(=O)N(C)CC(=O)Nc1cccc(-c2csc(C)n2)c1. The summed E-state index contributed by atoms with van der Waals surface area (Å²) in [6, 6.07) is 11.5. The summed E-state index contributed by atoms with van der Waals surface area (Å²) >= 11 is 7.48. The third-order valence-corrected chi connectivity index (χ3v) is 7.07. The van der Waals surface area contributed by atoms with Crippen LogP contribution in [0.25, 0.3) is 11.3 Å². The smallest absolute Gasteiger partial charge is 0.247 e. The molecule has 10 heteroatoms. The number of halogens is 1. The van der Waals surface area contributed by atoms with E-state index in [9.17, 15) is 13.2 Å². The summed E-state index contributed by atoms with van der Waals surface area (Å²) in [5.41, 5.74) is 2.23. The minimum Gasteiger partial charge on any atom is -0.495 e. The number of aryl methyl sites for hydroxylation is 1. The average molecular weight is 466 g/mol. The predicted octanol–water partition coefficient (Wildman–Crippen LogP) is 4.04. The summed E-state index contributed by atoms with van der Waals surface area (Å²) < 4.78 is 31.9. The first-order valence-corrected chi connectivity index (χ1v) is 11.5. The highest BCUT2D eigenvalue weighted by Gasteiger charge is 2.27. The van der Waals surface area contributed by atoms with Crippen LogP contribution in [-0.4, -0.2) is 44.3 Å². The molecule has 0 fully saturated rings. The van der Waals surface area contributed by atoms with Crippen molar-refractivity contribution < 1.29 is 17.9 Å². The van der Waals surface area contributed by atoms with Crippen LogP contribution >= 0.6 is 22.9 Å². The van der Waals surface area contributed by atoms with E-state index in [0.717, 1.165) is 20.6 Å². The molecule has 0 aliphatic heterocycles. The largest absolute Gasteiger partial charge is 0.495 e. The Labute approximate surface area is 184 Å². The van der Waals surface area contributed by atoms with Crippen molar-refractivity contribution in [1.29, 1.82) is 0 Å². The van der Waals surface area contributed by atoms with Crippen molar-refractivity contribution in [3.63, 3.8) is 0 Å². The lowest BCUT2D eigenvalue weighted by atomic mass is 10.1. The number of anilines is 1. The second-order valence-corrected chi connectivity index (χ2v) is 9.95. The Balaban J connectivity index is 1.74. The maximum Gasteiger partial charge on any atom is 0.247 e. The van der Waals surface area contributed by atoms with E-state index in [1.165, 1.54) is 32.4 Å². The molecule has 30 heavy (non-hydrogen) atoms. The molecule has 3 aromatic rings. The van der Waals surface area contributed by atoms with Crippen LogP contribution in [0.5, 0.6) is 5.75 Å². The number of hydrogen-bond donors (Lipinski definition) is 1. The summed E-state index contributed by atoms with van der Waals surface area (Å²) in [5.74, 6) is -0.327. The minimum atomic E-state index is -3.99. The summed E-state index contributed by atoms with van der Waals surface area (Å²) in [7, 11) is -1.30. The zero-order chi connectivity index (χ0) is 21.9. The molecule has 0 saturated heterocycles. The van der Waals surface area contributed by atoms with E-state index in [1.807, 2.05) is 18.4 Å². The van der Waals surface area contributed by atoms with Gasteiger partial charge in [-0.3, -0.25) is 4.79 Å². The van der Waals surface area contributed by atoms with Gasteiger partial charge in [-0.15, -0.1) is 11.3 Å². The first kappa shape index (κ1) is 22.2. The number of hydrogen-bond acceptors (Lipinski definition) is 6. The zero-order valence-corrected chi connectivity index (χ0v) is 18.9. The molecular formula is C20H20ClN3O4S2. The van der Waals surface area contributed by atoms with E-state index in [0.29, 0.717) is 5.69 Å². The number of aromatic nitrogens is 1. The molecule has 0 atom stereocenters. The number of methoxy groups -OCH3 is 1. The molecule has 0 spiro atoms. The predicted molar refractivity (Wildman–Crippen MR) is 119 cm³/mol. The number of benzene rings is 2. The second-order valence-electron chi connectivity index (χ2n) is 6.44. The standard InChI is InChI=1S/C20H20ClN3O4S2/c1-13-22-17(12-29-13)14-5-4-6-16(9-14)23-20(25)11-24(2)30(26,27)19-10-15(21)7-8-18(19)28-3/h4-10,12H,11H2,1-3H3,(H,23,25). The number of thiazole rings is 1. The third-order valence-electron chi connectivity index (χ3n) is 4.24. The van der Waals surface area contributed by atoms with Gasteiger partial charge >= 0.3 is 0 Å². The number of nitrogens with zero attached hydrogens (tertiary/aromatic N) is 2. The van der Waals surface area contributed by atoms with Gasteiger partial charge < -0.3 is 10.1 Å². The molecule has 1 aromatic heterocycles. The fourth-order valence-electron chi connectivity index (χ4n) is 2.76. The van der Waals surface area contributed by atoms with Gasteiger partial charge in [-0.05, 0) is 37.3 Å². The van der Waals surface area contributed by atoms with Crippen LogP contribution in [0, 0.1) is 6.92 Å². The number of carbonyl (C=O) groups excluding carboxylic acids is 1. The topological polar surface area (TPSA) is 88.6 Å². The van der Waals surface area contributed by atoms with Crippen molar-refractivity contribution in [3.8, 4) is 17.0 Å². The van der Waals surface area contributed by atoms with Crippen molar-refractivity contribution >= 4 is 44.6 Å². The molecule has 0 bridgehead atoms. The quantitative estimate of drug-likeness (QED) is 0.568. The molecule has 3 rings (SSSR count). The van der Waals surface area contributed by atoms with Crippen molar-refractivity contribution in [1.82, 2.24) is 9.29 Å². The number of sulfonamides is 1. The normalized spacial score (nSPS) is 11.5. The van der Waals surface area contributed by atoms with Crippen molar-refractivity contribution in [2.75, 3.05) is 26.0 Å². The van der Waals surface area contributed by atoms with Crippen LogP contribution in [0.4, 0.5) is 5.69 Å². The molecule has 0 radical (unpaired) electrons. The molecule has 7 nitrogen and oxygen atoms in total. The molecule has 1 heterocycles. The van der Waals surface area contributed by atoms with Gasteiger partial charge in [-0.2, -0.15) is 4.31 Å². The van der Waals surface area contributed by atoms with Gasteiger partial charge in [0.1, 0.15) is 10.6 Å². The van der Waals surface area contributed by atoms with Crippen molar-refractivity contribution in [3.05, 3.63) is 57.9 Å². The molecule has 158 valence electrons. The number of ether oxygens (including phenoxy) is 1. The highest BCUT2D eigenvalue weighted by atomic mass is 35.5. The van der Waals surface area contributed by atoms with Crippen LogP contribution in [0.1, 0.15) is 5.01 Å². The van der Waals surface area contributed by atoms with Crippen LogP contribution < -0.4 is 10.1 Å². The molecule has 0 aliphatic rings. The number of carbonyl (C=O) groups is 1. The first-order valence-electron chi connectivity index (χ1n) is 8.83. The van der Waals surface area contributed by atoms with Crippen LogP contribution in [0.2, 0.25) is 5.02 Å². The van der Waals surface area contributed by atoms with E-state index in [2.05, 4.69) is 10.3 Å². The average Bonchev–Trinajstić information content (AvgIpc) is 3.14. The highest BCUT2D eigenvalue weighted by Crippen LogP contribution is 2.29. The van der Waals surface area contributed by atoms with Crippen molar-refractivity contribution in [2.45, 2.75) is 11.8 Å². The number of likely N-dealkylation sites (N-methyl/N-ethyl adjacent to an activating group) is 1. The van der Waals surface area contributed by atoms with Gasteiger partial charge in [-0.25, -0.2) is 13.4 Å². The molecule has 1 amide bonds. The van der Waals surface area contributed by atoms with Crippen LogP contribution in [0.3, 0.4) is 0 Å².